The van der Waals surface area contributed by atoms with E-state index in [2.05, 4.69) is 10.0 Å². The lowest BCUT2D eigenvalue weighted by Gasteiger charge is -2.24. The lowest BCUT2D eigenvalue weighted by atomic mass is 10.1. The fraction of sp³-hybridized carbons (Fsp3) is 0.148. The molecule has 2 N–H and O–H groups in total. The maximum atomic E-state index is 13.5. The molecule has 1 aromatic heterocycles. The third kappa shape index (κ3) is 5.08. The monoisotopic (exact) mass is 551 g/mol. The highest BCUT2D eigenvalue weighted by Crippen LogP contribution is 2.36. The van der Waals surface area contributed by atoms with Gasteiger partial charge in [-0.25, -0.2) is 21.6 Å². The summed E-state index contributed by atoms with van der Waals surface area (Å²) in [7, 11) is -7.68. The summed E-state index contributed by atoms with van der Waals surface area (Å²) in [4.78, 5) is 13.0. The summed E-state index contributed by atoms with van der Waals surface area (Å²) in [5.41, 5.74) is 2.11. The Morgan fingerprint density at radius 2 is 1.68 bits per heavy atom. The van der Waals surface area contributed by atoms with Crippen molar-refractivity contribution in [3.05, 3.63) is 108 Å². The minimum atomic E-state index is -3.90. The topological polar surface area (TPSA) is 126 Å². The zero-order valence-corrected chi connectivity index (χ0v) is 22.0. The number of nitrogens with one attached hydrogen (secondary N) is 2. The first-order valence-electron chi connectivity index (χ1n) is 11.8. The molecule has 1 aliphatic heterocycles. The molecule has 196 valence electrons. The number of hydrogen-bond acceptors (Lipinski definition) is 6. The largest absolute Gasteiger partial charge is 0.468 e. The van der Waals surface area contributed by atoms with Gasteiger partial charge in [-0.05, 0) is 79.6 Å². The number of furan rings is 1. The van der Waals surface area contributed by atoms with Crippen molar-refractivity contribution >= 4 is 37.3 Å². The van der Waals surface area contributed by atoms with Crippen LogP contribution in [0.5, 0.6) is 0 Å². The van der Waals surface area contributed by atoms with Crippen molar-refractivity contribution in [2.75, 3.05) is 9.62 Å². The van der Waals surface area contributed by atoms with Crippen molar-refractivity contribution in [3.63, 3.8) is 0 Å². The number of para-hydroxylation sites is 1. The molecule has 1 aliphatic rings. The highest BCUT2D eigenvalue weighted by molar-refractivity contribution is 7.93. The second-order valence-corrected chi connectivity index (χ2v) is 12.5. The molecule has 0 fully saturated rings. The second-order valence-electron chi connectivity index (χ2n) is 8.89. The molecular formula is C27H25N3O6S2. The van der Waals surface area contributed by atoms with Gasteiger partial charge in [0.1, 0.15) is 5.76 Å². The van der Waals surface area contributed by atoms with Gasteiger partial charge in [0.05, 0.1) is 28.3 Å². The van der Waals surface area contributed by atoms with Gasteiger partial charge in [-0.1, -0.05) is 24.3 Å². The maximum Gasteiger partial charge on any atom is 0.264 e. The molecule has 0 saturated heterocycles. The van der Waals surface area contributed by atoms with Crippen molar-refractivity contribution < 1.29 is 26.0 Å². The van der Waals surface area contributed by atoms with Gasteiger partial charge in [0.25, 0.3) is 15.9 Å². The summed E-state index contributed by atoms with van der Waals surface area (Å²) >= 11 is 0. The second kappa shape index (κ2) is 10.1. The number of sulfonamides is 2. The molecule has 11 heteroatoms. The van der Waals surface area contributed by atoms with Gasteiger partial charge in [0.15, 0.2) is 0 Å². The van der Waals surface area contributed by atoms with Crippen LogP contribution in [0.1, 0.15) is 28.6 Å². The third-order valence-corrected chi connectivity index (χ3v) is 9.58. The van der Waals surface area contributed by atoms with Crippen LogP contribution in [0.2, 0.25) is 0 Å². The van der Waals surface area contributed by atoms with Gasteiger partial charge >= 0.3 is 0 Å². The van der Waals surface area contributed by atoms with Crippen LogP contribution in [0.15, 0.2) is 105 Å². The molecule has 3 aromatic carbocycles. The average molecular weight is 552 g/mol. The van der Waals surface area contributed by atoms with E-state index in [1.54, 1.807) is 24.3 Å². The van der Waals surface area contributed by atoms with Gasteiger partial charge in [0.2, 0.25) is 10.0 Å². The summed E-state index contributed by atoms with van der Waals surface area (Å²) in [6.45, 7) is 1.86. The molecule has 38 heavy (non-hydrogen) atoms. The Labute approximate surface area is 221 Å². The molecule has 0 saturated carbocycles. The predicted molar refractivity (Wildman–Crippen MR) is 143 cm³/mol. The van der Waals surface area contributed by atoms with Gasteiger partial charge in [-0.15, -0.1) is 0 Å². The molecular weight excluding hydrogens is 526 g/mol. The fourth-order valence-electron chi connectivity index (χ4n) is 4.40. The number of hydrogen-bond donors (Lipinski definition) is 2. The van der Waals surface area contributed by atoms with Crippen LogP contribution in [-0.2, 0) is 33.0 Å². The number of benzene rings is 3. The zero-order valence-electron chi connectivity index (χ0n) is 20.4. The van der Waals surface area contributed by atoms with E-state index in [4.69, 9.17) is 4.42 Å². The number of rotatable bonds is 8. The first-order chi connectivity index (χ1) is 18.1. The molecule has 4 aromatic rings. The SMILES string of the molecule is C[C@H]1Cc2ccccc2N1S(=O)(=O)c1cccc(C(=O)Nc2ccc(S(=O)(=O)NCc3ccco3)cc2)c1. The predicted octanol–water partition coefficient (Wildman–Crippen LogP) is 4.15. The van der Waals surface area contributed by atoms with Gasteiger partial charge < -0.3 is 9.73 Å². The Kier molecular flexibility index (Phi) is 6.82. The van der Waals surface area contributed by atoms with E-state index >= 15 is 0 Å². The van der Waals surface area contributed by atoms with Crippen LogP contribution >= 0.6 is 0 Å². The smallest absolute Gasteiger partial charge is 0.264 e. The van der Waals surface area contributed by atoms with Crippen LogP contribution in [0, 0.1) is 0 Å². The molecule has 0 aliphatic carbocycles. The van der Waals surface area contributed by atoms with Crippen molar-refractivity contribution in [2.45, 2.75) is 35.7 Å². The third-order valence-electron chi connectivity index (χ3n) is 6.24. The zero-order chi connectivity index (χ0) is 26.9. The van der Waals surface area contributed by atoms with E-state index in [1.807, 2.05) is 19.1 Å². The van der Waals surface area contributed by atoms with Crippen molar-refractivity contribution in [3.8, 4) is 0 Å². The summed E-state index contributed by atoms with van der Waals surface area (Å²) in [6, 6.07) is 22.0. The number of nitrogens with zero attached hydrogens (tertiary/aromatic N) is 1. The van der Waals surface area contributed by atoms with Crippen LogP contribution in [-0.4, -0.2) is 28.8 Å². The molecule has 0 radical (unpaired) electrons. The first kappa shape index (κ1) is 25.7. The Bertz CT molecular complexity index is 1680. The average Bonchev–Trinajstić information content (AvgIpc) is 3.55. The number of fused-ring (bicyclic) bond motifs is 1. The molecule has 1 amide bonds. The van der Waals surface area contributed by atoms with E-state index in [0.717, 1.165) is 5.56 Å². The quantitative estimate of drug-likeness (QED) is 0.339. The summed E-state index contributed by atoms with van der Waals surface area (Å²) in [5.74, 6) is -0.0476. The lowest BCUT2D eigenvalue weighted by molar-refractivity contribution is 0.102. The van der Waals surface area contributed by atoms with Gasteiger partial charge in [0, 0.05) is 17.3 Å². The Morgan fingerprint density at radius 1 is 0.921 bits per heavy atom. The van der Waals surface area contributed by atoms with Crippen LogP contribution in [0.3, 0.4) is 0 Å². The van der Waals surface area contributed by atoms with Crippen molar-refractivity contribution in [1.29, 1.82) is 0 Å². The van der Waals surface area contributed by atoms with E-state index < -0.39 is 26.0 Å². The molecule has 0 spiro atoms. The Balaban J connectivity index is 1.30. The number of amides is 1. The standard InChI is InChI=1S/C27H25N3O6S2/c1-19-16-20-6-2-3-10-26(20)30(19)38(34,35)25-9-4-7-21(17-25)27(31)29-22-11-13-24(14-12-22)37(32,33)28-18-23-8-5-15-36-23/h2-15,17,19,28H,16,18H2,1H3,(H,29,31)/t19-/m0/s1. The minimum absolute atomic E-state index is 0.00879. The molecule has 1 atom stereocenters. The highest BCUT2D eigenvalue weighted by Gasteiger charge is 2.36. The van der Waals surface area contributed by atoms with E-state index in [-0.39, 0.29) is 27.9 Å². The molecule has 2 heterocycles. The van der Waals surface area contributed by atoms with E-state index in [9.17, 15) is 21.6 Å². The maximum absolute atomic E-state index is 13.5. The molecule has 0 bridgehead atoms. The van der Waals surface area contributed by atoms with Crippen LogP contribution in [0.4, 0.5) is 11.4 Å². The minimum Gasteiger partial charge on any atom is -0.468 e. The van der Waals surface area contributed by atoms with Crippen LogP contribution < -0.4 is 14.3 Å². The summed E-state index contributed by atoms with van der Waals surface area (Å²) in [6.07, 6.45) is 2.07. The lowest BCUT2D eigenvalue weighted by Crippen LogP contribution is -2.35. The molecule has 9 nitrogen and oxygen atoms in total. The normalized spacial score (nSPS) is 15.3. The number of carbonyl (C=O) groups excluding carboxylic acids is 1. The fourth-order valence-corrected chi connectivity index (χ4v) is 7.13. The number of anilines is 2. The van der Waals surface area contributed by atoms with E-state index in [1.165, 1.54) is 59.1 Å². The Hall–Kier alpha value is -3.93. The molecule has 5 rings (SSSR count). The van der Waals surface area contributed by atoms with Gasteiger partial charge in [-0.2, -0.15) is 0 Å². The van der Waals surface area contributed by atoms with Crippen molar-refractivity contribution in [2.24, 2.45) is 0 Å². The number of carbonyl (C=O) groups is 1. The summed E-state index contributed by atoms with van der Waals surface area (Å²) in [5, 5.41) is 2.69. The summed E-state index contributed by atoms with van der Waals surface area (Å²) < 4.78 is 61.1. The van der Waals surface area contributed by atoms with E-state index in [0.29, 0.717) is 23.6 Å². The molecule has 0 unspecified atom stereocenters. The highest BCUT2D eigenvalue weighted by atomic mass is 32.2. The van der Waals surface area contributed by atoms with Crippen LogP contribution in [0.25, 0.3) is 0 Å². The van der Waals surface area contributed by atoms with Crippen molar-refractivity contribution in [1.82, 2.24) is 4.72 Å². The first-order valence-corrected chi connectivity index (χ1v) is 14.7. The Morgan fingerprint density at radius 3 is 2.42 bits per heavy atom. The van der Waals surface area contributed by atoms with Gasteiger partial charge in [-0.3, -0.25) is 9.10 Å².